The lowest BCUT2D eigenvalue weighted by atomic mass is 10.0. The van der Waals surface area contributed by atoms with Gasteiger partial charge >= 0.3 is 6.09 Å². The molecule has 154 valence electrons. The predicted molar refractivity (Wildman–Crippen MR) is 116 cm³/mol. The molecule has 6 heteroatoms. The number of nitrogens with one attached hydrogen (secondary N) is 1. The summed E-state index contributed by atoms with van der Waals surface area (Å²) < 4.78 is 7.84. The summed E-state index contributed by atoms with van der Waals surface area (Å²) in [6, 6.07) is 4.39. The average Bonchev–Trinajstić information content (AvgIpc) is 2.89. The molecule has 0 saturated heterocycles. The molecule has 1 aromatic carbocycles. The van der Waals surface area contributed by atoms with Crippen molar-refractivity contribution in [3.63, 3.8) is 0 Å². The van der Waals surface area contributed by atoms with Crippen molar-refractivity contribution in [3.05, 3.63) is 51.6 Å². The minimum absolute atomic E-state index is 0.437. The number of aromatic nitrogens is 3. The van der Waals surface area contributed by atoms with Gasteiger partial charge in [-0.1, -0.05) is 24.6 Å². The number of carbonyl (C=O) groups is 1. The van der Waals surface area contributed by atoms with E-state index in [4.69, 9.17) is 14.7 Å². The monoisotopic (exact) mass is 394 g/mol. The number of fused-ring (bicyclic) bond motifs is 1. The summed E-state index contributed by atoms with van der Waals surface area (Å²) in [5.41, 5.74) is 8.64. The van der Waals surface area contributed by atoms with Gasteiger partial charge in [-0.05, 0) is 64.7 Å². The predicted octanol–water partition coefficient (Wildman–Crippen LogP) is 5.08. The van der Waals surface area contributed by atoms with E-state index in [1.54, 1.807) is 7.05 Å². The van der Waals surface area contributed by atoms with Crippen LogP contribution in [0.3, 0.4) is 0 Å². The topological polar surface area (TPSA) is 69.0 Å². The van der Waals surface area contributed by atoms with Crippen LogP contribution in [0.5, 0.6) is 0 Å². The van der Waals surface area contributed by atoms with Crippen molar-refractivity contribution >= 4 is 17.1 Å². The Bertz CT molecular complexity index is 1080. The van der Waals surface area contributed by atoms with Gasteiger partial charge < -0.3 is 10.1 Å². The third kappa shape index (κ3) is 3.59. The number of hydrogen-bond acceptors (Lipinski definition) is 4. The van der Waals surface area contributed by atoms with Crippen molar-refractivity contribution in [2.45, 2.75) is 61.0 Å². The zero-order chi connectivity index (χ0) is 21.5. The van der Waals surface area contributed by atoms with Crippen molar-refractivity contribution < 1.29 is 9.53 Å². The minimum Gasteiger partial charge on any atom is -0.440 e. The van der Waals surface area contributed by atoms with Gasteiger partial charge in [-0.3, -0.25) is 4.57 Å². The van der Waals surface area contributed by atoms with Crippen molar-refractivity contribution in [2.24, 2.45) is 0 Å². The second-order valence-electron chi connectivity index (χ2n) is 7.70. The van der Waals surface area contributed by atoms with Crippen molar-refractivity contribution in [3.8, 4) is 5.69 Å². The number of hydrogen-bond donors (Lipinski definition) is 1. The fraction of sp³-hybridized carbons (Fsp3) is 0.435. The van der Waals surface area contributed by atoms with Gasteiger partial charge in [0.2, 0.25) is 0 Å². The standard InChI is InChI=1S/C23H30N4O2/c1-9-18(29-23(28)24-8)20-19-15(5)16(6)27(22(19)26-17(7)25-20)21-13(3)10-12(2)11-14(21)4/h10-11,18H,9H2,1-8H3,(H,24,28). The van der Waals surface area contributed by atoms with Gasteiger partial charge in [0.15, 0.2) is 0 Å². The Morgan fingerprint density at radius 3 is 2.28 bits per heavy atom. The van der Waals surface area contributed by atoms with Crippen LogP contribution in [-0.2, 0) is 4.74 Å². The SMILES string of the molecule is CCC(OC(=O)NC)c1nc(C)nc2c1c(C)c(C)n2-c1c(C)cc(C)cc1C. The third-order valence-electron chi connectivity index (χ3n) is 5.48. The molecular weight excluding hydrogens is 364 g/mol. The molecule has 29 heavy (non-hydrogen) atoms. The number of aryl methyl sites for hydroxylation is 5. The molecule has 0 saturated carbocycles. The minimum atomic E-state index is -0.458. The Kier molecular flexibility index (Phi) is 5.64. The molecule has 2 heterocycles. The Morgan fingerprint density at radius 1 is 1.10 bits per heavy atom. The van der Waals surface area contributed by atoms with E-state index in [1.807, 2.05) is 13.8 Å². The number of ether oxygens (including phenoxy) is 1. The van der Waals surface area contributed by atoms with Gasteiger partial charge in [0, 0.05) is 18.1 Å². The third-order valence-corrected chi connectivity index (χ3v) is 5.48. The van der Waals surface area contributed by atoms with Gasteiger partial charge in [0.05, 0.1) is 11.4 Å². The Hall–Kier alpha value is -2.89. The molecule has 0 radical (unpaired) electrons. The van der Waals surface area contributed by atoms with Crippen LogP contribution in [0.4, 0.5) is 4.79 Å². The van der Waals surface area contributed by atoms with Crippen molar-refractivity contribution in [1.29, 1.82) is 0 Å². The maximum absolute atomic E-state index is 11.9. The largest absolute Gasteiger partial charge is 0.440 e. The highest BCUT2D eigenvalue weighted by atomic mass is 16.6. The van der Waals surface area contributed by atoms with Crippen LogP contribution in [0, 0.1) is 41.5 Å². The van der Waals surface area contributed by atoms with Crippen LogP contribution >= 0.6 is 0 Å². The van der Waals surface area contributed by atoms with Crippen LogP contribution in [0.2, 0.25) is 0 Å². The van der Waals surface area contributed by atoms with Gasteiger partial charge in [0.1, 0.15) is 17.6 Å². The lowest BCUT2D eigenvalue weighted by Crippen LogP contribution is -2.22. The summed E-state index contributed by atoms with van der Waals surface area (Å²) in [5.74, 6) is 0.660. The molecule has 3 rings (SSSR count). The van der Waals surface area contributed by atoms with E-state index in [1.165, 1.54) is 16.7 Å². The molecule has 0 spiro atoms. The second kappa shape index (κ2) is 7.85. The highest BCUT2D eigenvalue weighted by Gasteiger charge is 2.26. The molecule has 1 unspecified atom stereocenters. The molecule has 1 atom stereocenters. The molecule has 1 amide bonds. The summed E-state index contributed by atoms with van der Waals surface area (Å²) in [4.78, 5) is 21.4. The number of amides is 1. The number of carbonyl (C=O) groups excluding carboxylic acids is 1. The van der Waals surface area contributed by atoms with E-state index in [0.717, 1.165) is 33.7 Å². The first kappa shape index (κ1) is 20.8. The number of rotatable bonds is 4. The Morgan fingerprint density at radius 2 is 1.72 bits per heavy atom. The van der Waals surface area contributed by atoms with E-state index < -0.39 is 12.2 Å². The summed E-state index contributed by atoms with van der Waals surface area (Å²) >= 11 is 0. The molecule has 1 N–H and O–H groups in total. The number of benzene rings is 1. The van der Waals surface area contributed by atoms with Gasteiger partial charge in [-0.25, -0.2) is 14.8 Å². The van der Waals surface area contributed by atoms with E-state index in [9.17, 15) is 4.79 Å². The van der Waals surface area contributed by atoms with E-state index >= 15 is 0 Å². The highest BCUT2D eigenvalue weighted by molar-refractivity contribution is 5.87. The average molecular weight is 395 g/mol. The van der Waals surface area contributed by atoms with E-state index in [2.05, 4.69) is 56.6 Å². The summed E-state index contributed by atoms with van der Waals surface area (Å²) in [6.45, 7) is 14.4. The number of nitrogens with zero attached hydrogens (tertiary/aromatic N) is 3. The van der Waals surface area contributed by atoms with Gasteiger partial charge in [-0.15, -0.1) is 0 Å². The van der Waals surface area contributed by atoms with Crippen molar-refractivity contribution in [1.82, 2.24) is 19.9 Å². The molecular formula is C23H30N4O2. The normalized spacial score (nSPS) is 12.3. The zero-order valence-corrected chi connectivity index (χ0v) is 18.6. The molecule has 0 aliphatic rings. The maximum atomic E-state index is 11.9. The van der Waals surface area contributed by atoms with Gasteiger partial charge in [0.25, 0.3) is 0 Å². The summed E-state index contributed by atoms with van der Waals surface area (Å²) in [6.07, 6.45) is -0.265. The Balaban J connectivity index is 2.36. The quantitative estimate of drug-likeness (QED) is 0.670. The fourth-order valence-electron chi connectivity index (χ4n) is 4.16. The highest BCUT2D eigenvalue weighted by Crippen LogP contribution is 2.36. The van der Waals surface area contributed by atoms with E-state index in [0.29, 0.717) is 12.2 Å². The zero-order valence-electron chi connectivity index (χ0n) is 18.6. The maximum Gasteiger partial charge on any atom is 0.407 e. The van der Waals surface area contributed by atoms with Crippen LogP contribution in [0.25, 0.3) is 16.7 Å². The molecule has 3 aromatic rings. The number of alkyl carbamates (subject to hydrolysis) is 1. The first-order chi connectivity index (χ1) is 13.7. The molecule has 0 aliphatic heterocycles. The lowest BCUT2D eigenvalue weighted by Gasteiger charge is -2.18. The fourth-order valence-corrected chi connectivity index (χ4v) is 4.16. The van der Waals surface area contributed by atoms with Crippen LogP contribution in [0.1, 0.15) is 58.9 Å². The molecule has 0 aliphatic carbocycles. The first-order valence-corrected chi connectivity index (χ1v) is 10.0. The Labute approximate surface area is 172 Å². The van der Waals surface area contributed by atoms with Crippen LogP contribution in [-0.4, -0.2) is 27.7 Å². The van der Waals surface area contributed by atoms with Crippen molar-refractivity contribution in [2.75, 3.05) is 7.05 Å². The van der Waals surface area contributed by atoms with Crippen LogP contribution in [0.15, 0.2) is 12.1 Å². The molecule has 0 fully saturated rings. The summed E-state index contributed by atoms with van der Waals surface area (Å²) in [5, 5.41) is 3.49. The van der Waals surface area contributed by atoms with Gasteiger partial charge in [-0.2, -0.15) is 0 Å². The summed E-state index contributed by atoms with van der Waals surface area (Å²) in [7, 11) is 1.56. The van der Waals surface area contributed by atoms with E-state index in [-0.39, 0.29) is 0 Å². The second-order valence-corrected chi connectivity index (χ2v) is 7.70. The lowest BCUT2D eigenvalue weighted by molar-refractivity contribution is 0.0954. The molecule has 0 bridgehead atoms. The first-order valence-electron chi connectivity index (χ1n) is 10.0. The van der Waals surface area contributed by atoms with Crippen LogP contribution < -0.4 is 5.32 Å². The molecule has 6 nitrogen and oxygen atoms in total. The smallest absolute Gasteiger partial charge is 0.407 e. The molecule has 2 aromatic heterocycles.